The number of phenols is 1. The molecule has 4 heterocycles. The summed E-state index contributed by atoms with van der Waals surface area (Å²) in [7, 11) is 1.65. The number of rotatable bonds is 14. The van der Waals surface area contributed by atoms with E-state index >= 15 is 0 Å². The predicted molar refractivity (Wildman–Crippen MR) is 326 cm³/mol. The molecule has 0 saturated carbocycles. The van der Waals surface area contributed by atoms with Gasteiger partial charge in [0.25, 0.3) is 0 Å². The zero-order valence-electron chi connectivity index (χ0n) is 51.6. The number of benzene rings is 4. The third-order valence-corrected chi connectivity index (χ3v) is 16.3. The van der Waals surface area contributed by atoms with E-state index in [2.05, 4.69) is 19.6 Å². The summed E-state index contributed by atoms with van der Waals surface area (Å²) < 4.78 is 76.7. The van der Waals surface area contributed by atoms with Gasteiger partial charge in [-0.1, -0.05) is 106 Å². The van der Waals surface area contributed by atoms with Crippen LogP contribution in [0.15, 0.2) is 121 Å². The van der Waals surface area contributed by atoms with Gasteiger partial charge in [0.2, 0.25) is 0 Å². The minimum absolute atomic E-state index is 0.0520. The summed E-state index contributed by atoms with van der Waals surface area (Å²) in [5, 5.41) is 10.3. The molecule has 4 aromatic rings. The Bertz CT molecular complexity index is 3060. The fraction of sp³-hybridized carbons (Fsp3) is 0.463. The number of carbonyl (C=O) groups is 4. The molecule has 0 spiro atoms. The molecule has 0 bridgehead atoms. The zero-order valence-corrected chi connectivity index (χ0v) is 52.6. The fourth-order valence-electron chi connectivity index (χ4n) is 9.79. The maximum absolute atomic E-state index is 13.8. The Kier molecular flexibility index (Phi) is 23.2. The van der Waals surface area contributed by atoms with E-state index < -0.39 is 92.4 Å². The van der Waals surface area contributed by atoms with Gasteiger partial charge >= 0.3 is 23.9 Å². The van der Waals surface area contributed by atoms with Crippen LogP contribution in [0.3, 0.4) is 0 Å². The van der Waals surface area contributed by atoms with E-state index in [1.807, 2.05) is 97.0 Å². The van der Waals surface area contributed by atoms with Crippen LogP contribution in [0, 0.1) is 11.8 Å². The monoisotopic (exact) mass is 1200 g/mol. The largest absolute Gasteiger partial charge is 0.508 e. The number of aromatic hydroxyl groups is 1. The van der Waals surface area contributed by atoms with Gasteiger partial charge in [0.05, 0.1) is 29.9 Å². The lowest BCUT2D eigenvalue weighted by Crippen LogP contribution is -2.37. The third kappa shape index (κ3) is 18.7. The second kappa shape index (κ2) is 30.0. The van der Waals surface area contributed by atoms with Crippen molar-refractivity contribution in [1.29, 1.82) is 0 Å². The fourth-order valence-corrected chi connectivity index (χ4v) is 10.5. The van der Waals surface area contributed by atoms with Crippen molar-refractivity contribution in [2.45, 2.75) is 154 Å². The molecule has 4 aromatic carbocycles. The molecule has 19 heteroatoms. The van der Waals surface area contributed by atoms with E-state index in [1.54, 1.807) is 79.7 Å². The first-order chi connectivity index (χ1) is 40.8. The highest BCUT2D eigenvalue weighted by Crippen LogP contribution is 2.39. The number of methoxy groups -OCH3 is 2. The van der Waals surface area contributed by atoms with E-state index in [1.165, 1.54) is 26.4 Å². The van der Waals surface area contributed by atoms with E-state index in [9.17, 15) is 24.3 Å². The molecule has 0 amide bonds. The first-order valence-electron chi connectivity index (χ1n) is 29.1. The normalized spacial score (nSPS) is 26.9. The molecule has 2 fully saturated rings. The summed E-state index contributed by atoms with van der Waals surface area (Å²) in [6, 6.07) is 24.9. The van der Waals surface area contributed by atoms with Crippen LogP contribution >= 0.6 is 0 Å². The summed E-state index contributed by atoms with van der Waals surface area (Å²) in [4.78, 5) is 53.3. The van der Waals surface area contributed by atoms with Gasteiger partial charge in [-0.05, 0) is 120 Å². The van der Waals surface area contributed by atoms with Gasteiger partial charge < -0.3 is 66.7 Å². The lowest BCUT2D eigenvalue weighted by atomic mass is 9.98. The standard InChI is InChI=1S/C36H48O9Si.C31H36O9/c1-24-17-18-29(43-34(37)26-13-10-9-11-14-26)33-30(44-36(3,4)45-33)16-12-15-27-21-28(40-19-20-46(6,7)8)22-31(41-23-39-5)32(27)35(38)42-25(24)2;1-19-14-15-24(38-29(33)21-10-7-6-8-11-21)28-25(39-31(3,4)40-28)13-9-12-22-16-23(32)17-26(36-18-35-5)27(22)30(34)37-20(19)2/h9-15,17-18,21-22,24-25,29-30,33H,16,19-20,23H2,1-8H3;6-12,14-17,19-20,24-25,28,32H,13,18H2,1-5H3/b15-12+,18-17-;12-9+,15-14-/t24-,25+,29?,30+,33?;19-,20+,24?,25+,28?/m11/s1. The maximum atomic E-state index is 13.8. The van der Waals surface area contributed by atoms with Crippen LogP contribution in [0.2, 0.25) is 25.7 Å². The highest BCUT2D eigenvalue weighted by atomic mass is 28.3. The number of ether oxygens (including phenoxy) is 13. The Hall–Kier alpha value is -7.10. The van der Waals surface area contributed by atoms with Crippen molar-refractivity contribution in [2.75, 3.05) is 34.4 Å². The smallest absolute Gasteiger partial charge is 0.342 e. The molecule has 4 aliphatic heterocycles. The molecule has 1 N–H and O–H groups in total. The molecule has 4 unspecified atom stereocenters. The highest BCUT2D eigenvalue weighted by molar-refractivity contribution is 6.76. The zero-order chi connectivity index (χ0) is 62.3. The van der Waals surface area contributed by atoms with Crippen LogP contribution < -0.4 is 14.2 Å². The van der Waals surface area contributed by atoms with Crippen molar-refractivity contribution in [3.8, 4) is 23.0 Å². The van der Waals surface area contributed by atoms with Crippen molar-refractivity contribution < 1.29 is 85.9 Å². The quantitative estimate of drug-likeness (QED) is 0.0409. The van der Waals surface area contributed by atoms with Gasteiger partial charge in [0.15, 0.2) is 25.2 Å². The number of esters is 4. The van der Waals surface area contributed by atoms with Gasteiger partial charge in [-0.2, -0.15) is 0 Å². The lowest BCUT2D eigenvalue weighted by Gasteiger charge is -2.26. The summed E-state index contributed by atoms with van der Waals surface area (Å²) >= 11 is 0. The van der Waals surface area contributed by atoms with Crippen LogP contribution in [-0.2, 0) is 47.4 Å². The van der Waals surface area contributed by atoms with Crippen molar-refractivity contribution in [3.63, 3.8) is 0 Å². The highest BCUT2D eigenvalue weighted by Gasteiger charge is 2.47. The Morgan fingerprint density at radius 1 is 0.581 bits per heavy atom. The summed E-state index contributed by atoms with van der Waals surface area (Å²) in [5.74, 6) is -3.45. The molecule has 0 aliphatic carbocycles. The molecule has 2 saturated heterocycles. The van der Waals surface area contributed by atoms with E-state index in [-0.39, 0.29) is 48.0 Å². The van der Waals surface area contributed by atoms with Crippen molar-refractivity contribution in [2.24, 2.45) is 11.8 Å². The minimum atomic E-state index is -1.33. The van der Waals surface area contributed by atoms with Gasteiger partial charge in [0, 0.05) is 46.3 Å². The Labute approximate surface area is 506 Å². The SMILES string of the molecule is COCOc1cc(O)cc2c1C(=O)O[C@@H](C)[C@H](C)/C=C\C(OC(=O)c1ccccc1)C1OC(C)(C)O[C@H]1C/C=C/2.COCOc1cc(OCC[Si](C)(C)C)cc2c1C(=O)O[C@@H](C)[C@H](C)/C=C\C(OC(=O)c1ccccc1)C1OC(C)(C)O[C@H]1C/C=C/2. The molecule has 4 aliphatic rings. The van der Waals surface area contributed by atoms with Crippen molar-refractivity contribution in [1.82, 2.24) is 0 Å². The topological polar surface area (TPSA) is 208 Å². The lowest BCUT2D eigenvalue weighted by molar-refractivity contribution is -0.153. The molecular weight excluding hydrogens is 1120 g/mol. The van der Waals surface area contributed by atoms with E-state index in [0.717, 1.165) is 6.04 Å². The predicted octanol–water partition coefficient (Wildman–Crippen LogP) is 12.6. The molecule has 8 rings (SSSR count). The van der Waals surface area contributed by atoms with Gasteiger partial charge in [-0.3, -0.25) is 0 Å². The molecule has 18 nitrogen and oxygen atoms in total. The summed E-state index contributed by atoms with van der Waals surface area (Å²) in [6.45, 7) is 22.0. The number of hydrogen-bond donors (Lipinski definition) is 1. The molecule has 0 radical (unpaired) electrons. The molecule has 86 heavy (non-hydrogen) atoms. The molecule has 10 atom stereocenters. The molecular formula is C67H84O18Si. The van der Waals surface area contributed by atoms with Crippen LogP contribution in [-0.4, -0.2) is 132 Å². The van der Waals surface area contributed by atoms with Crippen LogP contribution in [0.4, 0.5) is 0 Å². The Balaban J connectivity index is 0.000000248. The van der Waals surface area contributed by atoms with E-state index in [0.29, 0.717) is 53.2 Å². The molecule has 0 aromatic heterocycles. The van der Waals surface area contributed by atoms with Gasteiger partial charge in [-0.25, -0.2) is 19.2 Å². The van der Waals surface area contributed by atoms with E-state index in [4.69, 9.17) is 61.6 Å². The minimum Gasteiger partial charge on any atom is -0.508 e. The maximum Gasteiger partial charge on any atom is 0.342 e. The molecule has 464 valence electrons. The number of hydrogen-bond acceptors (Lipinski definition) is 18. The summed E-state index contributed by atoms with van der Waals surface area (Å²) in [5.41, 5.74) is 2.29. The van der Waals surface area contributed by atoms with Crippen LogP contribution in [0.25, 0.3) is 12.2 Å². The summed E-state index contributed by atoms with van der Waals surface area (Å²) in [6.07, 6.45) is 10.6. The van der Waals surface area contributed by atoms with Gasteiger partial charge in [0.1, 0.15) is 70.7 Å². The number of fused-ring (bicyclic) bond motifs is 4. The van der Waals surface area contributed by atoms with Crippen LogP contribution in [0.5, 0.6) is 23.0 Å². The van der Waals surface area contributed by atoms with Crippen molar-refractivity contribution in [3.05, 3.63) is 155 Å². The third-order valence-electron chi connectivity index (χ3n) is 14.6. The number of cyclic esters (lactones) is 2. The first kappa shape index (κ1) is 66.4. The second-order valence-electron chi connectivity index (χ2n) is 23.8. The average molecular weight is 1210 g/mol. The van der Waals surface area contributed by atoms with Crippen molar-refractivity contribution >= 4 is 44.1 Å². The number of carbonyl (C=O) groups excluding carboxylic acids is 4. The Morgan fingerprint density at radius 3 is 1.44 bits per heavy atom. The Morgan fingerprint density at radius 2 is 1.01 bits per heavy atom. The second-order valence-corrected chi connectivity index (χ2v) is 29.4. The first-order valence-corrected chi connectivity index (χ1v) is 32.8. The number of phenolic OH excluding ortho intramolecular Hbond substituents is 1. The van der Waals surface area contributed by atoms with Gasteiger partial charge in [-0.15, -0.1) is 0 Å². The van der Waals surface area contributed by atoms with Crippen LogP contribution in [0.1, 0.15) is 121 Å². The average Bonchev–Trinajstić information content (AvgIpc) is 3.07.